The van der Waals surface area contributed by atoms with Gasteiger partial charge in [0.1, 0.15) is 11.9 Å². The molecule has 1 aliphatic heterocycles. The minimum Gasteiger partial charge on any atom is -0.496 e. The quantitative estimate of drug-likeness (QED) is 0.332. The summed E-state index contributed by atoms with van der Waals surface area (Å²) < 4.78 is 76.2. The van der Waals surface area contributed by atoms with E-state index in [0.29, 0.717) is 0 Å². The number of ether oxygens (including phenoxy) is 2. The molecule has 2 aromatic rings. The molecule has 0 amide bonds. The van der Waals surface area contributed by atoms with E-state index in [1.165, 1.54) is 7.11 Å². The molecule has 0 bridgehead atoms. The Kier molecular flexibility index (Phi) is 7.06. The van der Waals surface area contributed by atoms with Crippen LogP contribution in [0.3, 0.4) is 0 Å². The summed E-state index contributed by atoms with van der Waals surface area (Å²) in [5, 5.41) is 11.7. The lowest BCUT2D eigenvalue weighted by Gasteiger charge is -2.46. The van der Waals surface area contributed by atoms with Crippen molar-refractivity contribution < 1.29 is 40.0 Å². The summed E-state index contributed by atoms with van der Waals surface area (Å²) >= 11 is 0. The molecular formula is C22H26F3N3O6S. The summed E-state index contributed by atoms with van der Waals surface area (Å²) in [6, 6.07) is 5.09. The summed E-state index contributed by atoms with van der Waals surface area (Å²) in [5.74, 6) is -0.632. The number of methoxy groups -OCH3 is 1. The first kappa shape index (κ1) is 26.7. The zero-order chi connectivity index (χ0) is 26.2. The Labute approximate surface area is 201 Å². The van der Waals surface area contributed by atoms with Crippen molar-refractivity contribution in [3.8, 4) is 28.6 Å². The summed E-state index contributed by atoms with van der Waals surface area (Å²) in [6.07, 6.45) is 1.55. The lowest BCUT2D eigenvalue weighted by Crippen LogP contribution is -2.60. The number of piperidine rings is 1. The van der Waals surface area contributed by atoms with Gasteiger partial charge in [0.2, 0.25) is 5.88 Å². The minimum atomic E-state index is -5.99. The average Bonchev–Trinajstić information content (AvgIpc) is 2.70. The fourth-order valence-corrected chi connectivity index (χ4v) is 4.76. The third-order valence-electron chi connectivity index (χ3n) is 5.30. The molecule has 1 saturated heterocycles. The molecular weight excluding hydrogens is 491 g/mol. The zero-order valence-corrected chi connectivity index (χ0v) is 20.6. The number of halogens is 3. The fourth-order valence-electron chi connectivity index (χ4n) is 4.29. The van der Waals surface area contributed by atoms with E-state index in [1.807, 2.05) is 0 Å². The molecule has 1 aliphatic rings. The molecule has 1 N–H and O–H groups in total. The Bertz CT molecular complexity index is 1180. The second-order valence-electron chi connectivity index (χ2n) is 9.49. The van der Waals surface area contributed by atoms with Gasteiger partial charge in [-0.1, -0.05) is 0 Å². The standard InChI is InChI=1S/C22H26F3N3O6S/c1-20(2)10-14(11-21(3,4)28-20)33-19-7-6-16(26-27-19)15-8-13(12-29)17(9-18(15)32-5)34-35(30,31)22(23,24)25/h6-9,12,14,28H,10-11H2,1-5H3. The fraction of sp³-hybridized carbons (Fsp3) is 0.500. The molecule has 0 saturated carbocycles. The van der Waals surface area contributed by atoms with Crippen molar-refractivity contribution in [2.24, 2.45) is 0 Å². The van der Waals surface area contributed by atoms with Gasteiger partial charge < -0.3 is 19.0 Å². The van der Waals surface area contributed by atoms with Crippen LogP contribution in [0.2, 0.25) is 0 Å². The maximum absolute atomic E-state index is 12.7. The molecule has 0 unspecified atom stereocenters. The van der Waals surface area contributed by atoms with Gasteiger partial charge in [-0.3, -0.25) is 4.79 Å². The molecule has 3 rings (SSSR count). The highest BCUT2D eigenvalue weighted by Gasteiger charge is 2.49. The van der Waals surface area contributed by atoms with Crippen LogP contribution in [0.4, 0.5) is 13.2 Å². The Balaban J connectivity index is 1.88. The van der Waals surface area contributed by atoms with E-state index in [0.717, 1.165) is 25.0 Å². The van der Waals surface area contributed by atoms with E-state index in [2.05, 4.69) is 47.4 Å². The lowest BCUT2D eigenvalue weighted by atomic mass is 9.81. The van der Waals surface area contributed by atoms with Gasteiger partial charge in [-0.2, -0.15) is 21.6 Å². The SMILES string of the molecule is COc1cc(OS(=O)(=O)C(F)(F)F)c(C=O)cc1-c1ccc(OC2CC(C)(C)NC(C)(C)C2)nn1. The molecule has 192 valence electrons. The zero-order valence-electron chi connectivity index (χ0n) is 19.8. The van der Waals surface area contributed by atoms with Gasteiger partial charge in [0.05, 0.1) is 18.4 Å². The molecule has 1 fully saturated rings. The van der Waals surface area contributed by atoms with Crippen molar-refractivity contribution in [1.29, 1.82) is 0 Å². The smallest absolute Gasteiger partial charge is 0.496 e. The van der Waals surface area contributed by atoms with Crippen molar-refractivity contribution >= 4 is 16.4 Å². The largest absolute Gasteiger partial charge is 0.534 e. The number of nitrogens with zero attached hydrogens (tertiary/aromatic N) is 2. The van der Waals surface area contributed by atoms with Crippen LogP contribution < -0.4 is 19.0 Å². The number of nitrogens with one attached hydrogen (secondary N) is 1. The Morgan fingerprint density at radius 3 is 2.17 bits per heavy atom. The molecule has 35 heavy (non-hydrogen) atoms. The third kappa shape index (κ3) is 6.20. The average molecular weight is 518 g/mol. The molecule has 13 heteroatoms. The highest BCUT2D eigenvalue weighted by Crippen LogP contribution is 2.37. The van der Waals surface area contributed by atoms with Gasteiger partial charge in [-0.05, 0) is 39.8 Å². The maximum Gasteiger partial charge on any atom is 0.534 e. The van der Waals surface area contributed by atoms with E-state index in [4.69, 9.17) is 9.47 Å². The van der Waals surface area contributed by atoms with Gasteiger partial charge in [0.25, 0.3) is 0 Å². The Morgan fingerprint density at radius 1 is 1.06 bits per heavy atom. The number of aldehydes is 1. The van der Waals surface area contributed by atoms with Crippen LogP contribution >= 0.6 is 0 Å². The number of hydrogen-bond acceptors (Lipinski definition) is 9. The van der Waals surface area contributed by atoms with Crippen LogP contribution in [0.5, 0.6) is 17.4 Å². The van der Waals surface area contributed by atoms with Crippen molar-refractivity contribution in [1.82, 2.24) is 15.5 Å². The molecule has 0 atom stereocenters. The Hall–Kier alpha value is -2.93. The number of rotatable bonds is 7. The van der Waals surface area contributed by atoms with E-state index in [1.54, 1.807) is 12.1 Å². The molecule has 0 aliphatic carbocycles. The molecule has 2 heterocycles. The molecule has 0 radical (unpaired) electrons. The van der Waals surface area contributed by atoms with Gasteiger partial charge >= 0.3 is 15.6 Å². The summed E-state index contributed by atoms with van der Waals surface area (Å²) in [6.45, 7) is 8.35. The van der Waals surface area contributed by atoms with Crippen molar-refractivity contribution in [2.45, 2.75) is 63.2 Å². The van der Waals surface area contributed by atoms with Crippen molar-refractivity contribution in [2.75, 3.05) is 7.11 Å². The second-order valence-corrected chi connectivity index (χ2v) is 11.0. The summed E-state index contributed by atoms with van der Waals surface area (Å²) in [5.41, 5.74) is -5.99. The number of carbonyl (C=O) groups excluding carboxylic acids is 1. The number of alkyl halides is 3. The predicted molar refractivity (Wildman–Crippen MR) is 120 cm³/mol. The second kappa shape index (κ2) is 9.26. The van der Waals surface area contributed by atoms with Crippen molar-refractivity contribution in [3.63, 3.8) is 0 Å². The van der Waals surface area contributed by atoms with E-state index in [9.17, 15) is 26.4 Å². The maximum atomic E-state index is 12.7. The highest BCUT2D eigenvalue weighted by atomic mass is 32.2. The van der Waals surface area contributed by atoms with Crippen LogP contribution in [-0.4, -0.2) is 54.7 Å². The molecule has 0 spiro atoms. The number of hydrogen-bond donors (Lipinski definition) is 1. The first-order valence-corrected chi connectivity index (χ1v) is 11.9. The summed E-state index contributed by atoms with van der Waals surface area (Å²) in [4.78, 5) is 11.5. The van der Waals surface area contributed by atoms with Gasteiger partial charge in [-0.15, -0.1) is 10.2 Å². The third-order valence-corrected chi connectivity index (χ3v) is 6.26. The van der Waals surface area contributed by atoms with Gasteiger partial charge in [-0.25, -0.2) is 0 Å². The monoisotopic (exact) mass is 517 g/mol. The normalized spacial score (nSPS) is 18.1. The summed E-state index contributed by atoms with van der Waals surface area (Å²) in [7, 11) is -4.77. The van der Waals surface area contributed by atoms with Crippen LogP contribution in [0.1, 0.15) is 50.9 Å². The first-order chi connectivity index (χ1) is 16.1. The van der Waals surface area contributed by atoms with Crippen LogP contribution in [0.25, 0.3) is 11.3 Å². The van der Waals surface area contributed by atoms with Crippen LogP contribution in [0, 0.1) is 0 Å². The number of carbonyl (C=O) groups is 1. The number of benzene rings is 1. The van der Waals surface area contributed by atoms with Crippen LogP contribution in [-0.2, 0) is 10.1 Å². The first-order valence-electron chi connectivity index (χ1n) is 10.5. The van der Waals surface area contributed by atoms with Crippen LogP contribution in [0.15, 0.2) is 24.3 Å². The highest BCUT2D eigenvalue weighted by molar-refractivity contribution is 7.88. The predicted octanol–water partition coefficient (Wildman–Crippen LogP) is 3.88. The van der Waals surface area contributed by atoms with Gasteiger partial charge in [0.15, 0.2) is 12.0 Å². The number of aromatic nitrogens is 2. The Morgan fingerprint density at radius 2 is 1.69 bits per heavy atom. The van der Waals surface area contributed by atoms with E-state index >= 15 is 0 Å². The van der Waals surface area contributed by atoms with Gasteiger partial charge in [0, 0.05) is 41.6 Å². The minimum absolute atomic E-state index is 0.0761. The molecule has 1 aromatic heterocycles. The van der Waals surface area contributed by atoms with E-state index < -0.39 is 26.9 Å². The topological polar surface area (TPSA) is 117 Å². The lowest BCUT2D eigenvalue weighted by molar-refractivity contribution is -0.0500. The molecule has 9 nitrogen and oxygen atoms in total. The molecule has 1 aromatic carbocycles. The van der Waals surface area contributed by atoms with Crippen molar-refractivity contribution in [3.05, 3.63) is 29.8 Å². The van der Waals surface area contributed by atoms with E-state index in [-0.39, 0.29) is 46.4 Å².